The molecule has 0 aliphatic rings. The number of aryl methyl sites for hydroxylation is 1. The van der Waals surface area contributed by atoms with Gasteiger partial charge in [0.05, 0.1) is 0 Å². The Kier molecular flexibility index (Phi) is 3.90. The van der Waals surface area contributed by atoms with Gasteiger partial charge >= 0.3 is 0 Å². The molecule has 6 heteroatoms. The molecule has 0 amide bonds. The van der Waals surface area contributed by atoms with Crippen LogP contribution in [0.15, 0.2) is 46.8 Å². The zero-order valence-corrected chi connectivity index (χ0v) is 12.8. The van der Waals surface area contributed by atoms with Crippen molar-refractivity contribution in [1.82, 2.24) is 19.6 Å². The fourth-order valence-corrected chi connectivity index (χ4v) is 3.02. The van der Waals surface area contributed by atoms with Crippen LogP contribution in [-0.2, 0) is 6.42 Å². The second-order valence-corrected chi connectivity index (χ2v) is 6.12. The smallest absolute Gasteiger partial charge is 0.201 e. The van der Waals surface area contributed by atoms with E-state index in [0.29, 0.717) is 0 Å². The van der Waals surface area contributed by atoms with Crippen molar-refractivity contribution >= 4 is 17.4 Å². The Labute approximate surface area is 127 Å². The van der Waals surface area contributed by atoms with Gasteiger partial charge in [0.25, 0.3) is 0 Å². The molecule has 2 N–H and O–H groups in total. The van der Waals surface area contributed by atoms with Crippen molar-refractivity contribution in [2.75, 3.05) is 0 Å². The molecule has 5 nitrogen and oxygen atoms in total. The van der Waals surface area contributed by atoms with E-state index in [1.54, 1.807) is 0 Å². The molecule has 0 aromatic carbocycles. The molecule has 0 saturated heterocycles. The monoisotopic (exact) mass is 299 g/mol. The zero-order chi connectivity index (χ0) is 14.8. The van der Waals surface area contributed by atoms with Crippen LogP contribution < -0.4 is 5.73 Å². The number of hydrogen-bond acceptors (Lipinski definition) is 5. The standard InChI is InChI=1S/C15H17N5S/c1-10-7-12(8-11(2)16)9-17-14(10)21-15-19-18-13-5-3-4-6-20(13)15/h3-7,9,11H,8,16H2,1-2H3. The lowest BCUT2D eigenvalue weighted by Crippen LogP contribution is -2.17. The van der Waals surface area contributed by atoms with E-state index in [0.717, 1.165) is 33.4 Å². The van der Waals surface area contributed by atoms with Crippen molar-refractivity contribution in [3.05, 3.63) is 47.8 Å². The Hall–Kier alpha value is -1.92. The first kappa shape index (κ1) is 14.0. The maximum Gasteiger partial charge on any atom is 0.201 e. The molecule has 0 fully saturated rings. The largest absolute Gasteiger partial charge is 0.328 e. The highest BCUT2D eigenvalue weighted by molar-refractivity contribution is 7.99. The molecule has 3 aromatic rings. The molecule has 21 heavy (non-hydrogen) atoms. The summed E-state index contributed by atoms with van der Waals surface area (Å²) in [4.78, 5) is 4.54. The minimum absolute atomic E-state index is 0.144. The highest BCUT2D eigenvalue weighted by Crippen LogP contribution is 2.27. The second kappa shape index (κ2) is 5.83. The van der Waals surface area contributed by atoms with Crippen molar-refractivity contribution in [2.24, 2.45) is 5.73 Å². The Balaban J connectivity index is 1.88. The van der Waals surface area contributed by atoms with E-state index in [2.05, 4.69) is 28.2 Å². The predicted octanol–water partition coefficient (Wildman–Crippen LogP) is 2.47. The van der Waals surface area contributed by atoms with Gasteiger partial charge in [0.15, 0.2) is 5.65 Å². The summed E-state index contributed by atoms with van der Waals surface area (Å²) in [6.45, 7) is 4.06. The SMILES string of the molecule is Cc1cc(CC(C)N)cnc1Sc1nnc2ccccn12. The van der Waals surface area contributed by atoms with Crippen molar-refractivity contribution in [3.8, 4) is 0 Å². The van der Waals surface area contributed by atoms with Crippen molar-refractivity contribution in [2.45, 2.75) is 36.5 Å². The Bertz CT molecular complexity index is 766. The highest BCUT2D eigenvalue weighted by Gasteiger charge is 2.10. The fourth-order valence-electron chi connectivity index (χ4n) is 2.19. The molecule has 3 rings (SSSR count). The van der Waals surface area contributed by atoms with Crippen LogP contribution in [0.5, 0.6) is 0 Å². The Morgan fingerprint density at radius 3 is 2.95 bits per heavy atom. The number of rotatable bonds is 4. The maximum atomic E-state index is 5.83. The number of nitrogens with zero attached hydrogens (tertiary/aromatic N) is 4. The highest BCUT2D eigenvalue weighted by atomic mass is 32.2. The normalized spacial score (nSPS) is 12.7. The van der Waals surface area contributed by atoms with Gasteiger partial charge in [-0.15, -0.1) is 10.2 Å². The predicted molar refractivity (Wildman–Crippen MR) is 83.4 cm³/mol. The first-order chi connectivity index (χ1) is 10.1. The van der Waals surface area contributed by atoms with Crippen LogP contribution in [0.2, 0.25) is 0 Å². The van der Waals surface area contributed by atoms with E-state index in [9.17, 15) is 0 Å². The third kappa shape index (κ3) is 3.06. The molecule has 3 heterocycles. The summed E-state index contributed by atoms with van der Waals surface area (Å²) in [6, 6.07) is 8.13. The minimum atomic E-state index is 0.144. The summed E-state index contributed by atoms with van der Waals surface area (Å²) in [5.74, 6) is 0. The molecule has 0 saturated carbocycles. The number of aromatic nitrogens is 4. The maximum absolute atomic E-state index is 5.83. The van der Waals surface area contributed by atoms with Gasteiger partial charge in [-0.3, -0.25) is 4.40 Å². The van der Waals surface area contributed by atoms with E-state index in [1.807, 2.05) is 41.9 Å². The van der Waals surface area contributed by atoms with Crippen LogP contribution in [0.3, 0.4) is 0 Å². The fraction of sp³-hybridized carbons (Fsp3) is 0.267. The first-order valence-electron chi connectivity index (χ1n) is 6.82. The van der Waals surface area contributed by atoms with E-state index < -0.39 is 0 Å². The average Bonchev–Trinajstić information content (AvgIpc) is 2.85. The van der Waals surface area contributed by atoms with Crippen LogP contribution in [0.1, 0.15) is 18.1 Å². The number of fused-ring (bicyclic) bond motifs is 1. The number of pyridine rings is 2. The third-order valence-corrected chi connectivity index (χ3v) is 4.20. The molecule has 0 spiro atoms. The molecule has 1 atom stereocenters. The van der Waals surface area contributed by atoms with Gasteiger partial charge in [-0.2, -0.15) is 0 Å². The lowest BCUT2D eigenvalue weighted by atomic mass is 10.1. The van der Waals surface area contributed by atoms with Crippen molar-refractivity contribution < 1.29 is 0 Å². The number of nitrogens with two attached hydrogens (primary N) is 1. The van der Waals surface area contributed by atoms with Crippen LogP contribution >= 0.6 is 11.8 Å². The van der Waals surface area contributed by atoms with Gasteiger partial charge < -0.3 is 5.73 Å². The van der Waals surface area contributed by atoms with Crippen molar-refractivity contribution in [1.29, 1.82) is 0 Å². The van der Waals surface area contributed by atoms with Gasteiger partial charge in [-0.1, -0.05) is 12.1 Å². The summed E-state index contributed by atoms with van der Waals surface area (Å²) in [6.07, 6.45) is 4.69. The summed E-state index contributed by atoms with van der Waals surface area (Å²) >= 11 is 1.52. The third-order valence-electron chi connectivity index (χ3n) is 3.11. The molecule has 0 aliphatic heterocycles. The summed E-state index contributed by atoms with van der Waals surface area (Å²) in [7, 11) is 0. The van der Waals surface area contributed by atoms with E-state index in [-0.39, 0.29) is 6.04 Å². The van der Waals surface area contributed by atoms with E-state index in [4.69, 9.17) is 5.73 Å². The molecule has 0 bridgehead atoms. The molecule has 108 valence electrons. The molecule has 0 radical (unpaired) electrons. The Morgan fingerprint density at radius 2 is 2.19 bits per heavy atom. The summed E-state index contributed by atoms with van der Waals surface area (Å²) < 4.78 is 1.96. The Morgan fingerprint density at radius 1 is 1.33 bits per heavy atom. The van der Waals surface area contributed by atoms with Gasteiger partial charge in [-0.05, 0) is 55.3 Å². The lowest BCUT2D eigenvalue weighted by Gasteiger charge is -2.08. The molecule has 3 aromatic heterocycles. The van der Waals surface area contributed by atoms with Crippen molar-refractivity contribution in [3.63, 3.8) is 0 Å². The second-order valence-electron chi connectivity index (χ2n) is 5.16. The zero-order valence-electron chi connectivity index (χ0n) is 12.0. The molecule has 0 aliphatic carbocycles. The lowest BCUT2D eigenvalue weighted by molar-refractivity contribution is 0.733. The van der Waals surface area contributed by atoms with Gasteiger partial charge in [-0.25, -0.2) is 4.98 Å². The average molecular weight is 299 g/mol. The van der Waals surface area contributed by atoms with Crippen LogP contribution in [0, 0.1) is 6.92 Å². The summed E-state index contributed by atoms with van der Waals surface area (Å²) in [5.41, 5.74) is 8.96. The van der Waals surface area contributed by atoms with Crippen LogP contribution in [0.25, 0.3) is 5.65 Å². The van der Waals surface area contributed by atoms with E-state index >= 15 is 0 Å². The first-order valence-corrected chi connectivity index (χ1v) is 7.64. The van der Waals surface area contributed by atoms with E-state index in [1.165, 1.54) is 11.8 Å². The molecular formula is C15H17N5S. The minimum Gasteiger partial charge on any atom is -0.328 e. The summed E-state index contributed by atoms with van der Waals surface area (Å²) in [5, 5.41) is 10.1. The van der Waals surface area contributed by atoms with Crippen LogP contribution in [-0.4, -0.2) is 25.6 Å². The van der Waals surface area contributed by atoms with Gasteiger partial charge in [0, 0.05) is 18.4 Å². The van der Waals surface area contributed by atoms with Gasteiger partial charge in [0.1, 0.15) is 5.03 Å². The molecule has 1 unspecified atom stereocenters. The topological polar surface area (TPSA) is 69.1 Å². The van der Waals surface area contributed by atoms with Gasteiger partial charge in [0.2, 0.25) is 5.16 Å². The van der Waals surface area contributed by atoms with Crippen LogP contribution in [0.4, 0.5) is 0 Å². The molecular weight excluding hydrogens is 282 g/mol. The quantitative estimate of drug-likeness (QED) is 0.801. The number of hydrogen-bond donors (Lipinski definition) is 1.